The van der Waals surface area contributed by atoms with Crippen LogP contribution in [-0.4, -0.2) is 169 Å². The van der Waals surface area contributed by atoms with Gasteiger partial charge >= 0.3 is 11.9 Å². The SMILES string of the molecule is CC.O=C(O)CN1CCCN(c2ccc(Nc3nc(N4CCCCCC4)nc4cn[nH]c(=O)c34)cc2)CC1.O=C(O)CN1CCN(c2ccc(Nc3nc(N4CCCCCC4)nc4cn[nH]c(=O)c34)cn2)CC1. The molecule has 0 saturated carbocycles. The van der Waals surface area contributed by atoms with E-state index < -0.39 is 11.9 Å². The molecule has 23 heteroatoms. The Kier molecular flexibility index (Phi) is 17.9. The summed E-state index contributed by atoms with van der Waals surface area (Å²) in [4.78, 5) is 83.2. The third kappa shape index (κ3) is 13.7. The average Bonchev–Trinajstić information content (AvgIpc) is 3.94. The van der Waals surface area contributed by atoms with Crippen molar-refractivity contribution in [3.05, 3.63) is 75.7 Å². The van der Waals surface area contributed by atoms with Crippen LogP contribution < -0.4 is 41.4 Å². The molecule has 4 aliphatic heterocycles. The maximum atomic E-state index is 12.6. The van der Waals surface area contributed by atoms with E-state index in [4.69, 9.17) is 20.2 Å². The van der Waals surface area contributed by atoms with Crippen LogP contribution in [0.25, 0.3) is 21.8 Å². The molecule has 0 atom stereocenters. The van der Waals surface area contributed by atoms with Gasteiger partial charge in [-0.1, -0.05) is 39.5 Å². The van der Waals surface area contributed by atoms with Gasteiger partial charge < -0.3 is 40.4 Å². The lowest BCUT2D eigenvalue weighted by Gasteiger charge is -2.34. The molecule has 0 bridgehead atoms. The number of piperazine rings is 1. The van der Waals surface area contributed by atoms with Gasteiger partial charge in [0.05, 0.1) is 37.4 Å². The second-order valence-corrected chi connectivity index (χ2v) is 18.3. The Balaban J connectivity index is 0.000000189. The minimum absolute atomic E-state index is 0.0606. The normalized spacial score (nSPS) is 17.1. The van der Waals surface area contributed by atoms with Gasteiger partial charge in [0.25, 0.3) is 11.1 Å². The molecule has 9 heterocycles. The number of fused-ring (bicyclic) bond motifs is 2. The standard InChI is InChI=1S/C25H32N8O3.C23H29N9O3.C2H6/c34-21(35)17-31-10-5-13-32(15-14-31)19-8-6-18(7-9-19)27-23-22-20(16-26-30-24(22)36)28-25(29-23)33-11-3-1-2-4-12-33;33-19(34)15-30-9-11-31(12-10-30)18-6-5-16(13-24-18)26-21-20-17(14-25-29-22(20)35)27-23(28-21)32-7-3-1-2-4-8-32;1-2/h6-9,16H,1-5,10-15,17H2,(H,30,36)(H,34,35)(H,27,28,29);5-6,13-14H,1-4,7-12,15H2,(H,29,35)(H,33,34)(H,26,27,28);1-2H3. The highest BCUT2D eigenvalue weighted by atomic mass is 16.4. The molecule has 5 aromatic heterocycles. The Labute approximate surface area is 423 Å². The average molecular weight is 1000 g/mol. The first-order valence-electron chi connectivity index (χ1n) is 25.6. The number of aliphatic carboxylic acids is 2. The summed E-state index contributed by atoms with van der Waals surface area (Å²) in [7, 11) is 0. The highest BCUT2D eigenvalue weighted by Gasteiger charge is 2.23. The zero-order chi connectivity index (χ0) is 51.1. The Morgan fingerprint density at radius 2 is 0.959 bits per heavy atom. The molecule has 0 radical (unpaired) electrons. The van der Waals surface area contributed by atoms with Crippen LogP contribution in [0.1, 0.15) is 71.6 Å². The van der Waals surface area contributed by atoms with Gasteiger partial charge in [-0.2, -0.15) is 20.2 Å². The molecule has 388 valence electrons. The van der Waals surface area contributed by atoms with Gasteiger partial charge in [-0.05, 0) is 68.5 Å². The first kappa shape index (κ1) is 51.8. The molecule has 0 unspecified atom stereocenters. The van der Waals surface area contributed by atoms with Crippen molar-refractivity contribution in [2.24, 2.45) is 0 Å². The number of aromatic amines is 2. The number of benzene rings is 1. The van der Waals surface area contributed by atoms with Gasteiger partial charge in [0.15, 0.2) is 0 Å². The molecule has 0 spiro atoms. The highest BCUT2D eigenvalue weighted by Crippen LogP contribution is 2.29. The predicted octanol–water partition coefficient (Wildman–Crippen LogP) is 4.90. The summed E-state index contributed by atoms with van der Waals surface area (Å²) in [6.45, 7) is 13.6. The number of carbonyl (C=O) groups is 2. The smallest absolute Gasteiger partial charge is 0.317 e. The number of carboxylic acids is 2. The van der Waals surface area contributed by atoms with Crippen LogP contribution in [0.3, 0.4) is 0 Å². The molecule has 0 amide bonds. The zero-order valence-electron chi connectivity index (χ0n) is 41.8. The summed E-state index contributed by atoms with van der Waals surface area (Å²) in [6.07, 6.45) is 14.9. The first-order chi connectivity index (χ1) is 35.6. The third-order valence-electron chi connectivity index (χ3n) is 13.3. The quantitative estimate of drug-likeness (QED) is 0.0951. The van der Waals surface area contributed by atoms with E-state index in [-0.39, 0.29) is 24.2 Å². The van der Waals surface area contributed by atoms with Crippen LogP contribution in [0.2, 0.25) is 0 Å². The van der Waals surface area contributed by atoms with Crippen LogP contribution in [0, 0.1) is 0 Å². The van der Waals surface area contributed by atoms with Crippen LogP contribution in [-0.2, 0) is 9.59 Å². The monoisotopic (exact) mass is 1000 g/mol. The summed E-state index contributed by atoms with van der Waals surface area (Å²) in [5, 5.41) is 38.2. The summed E-state index contributed by atoms with van der Waals surface area (Å²) < 4.78 is 0. The maximum Gasteiger partial charge on any atom is 0.317 e. The maximum absolute atomic E-state index is 12.6. The van der Waals surface area contributed by atoms with Crippen molar-refractivity contribution in [2.45, 2.75) is 71.6 Å². The molecule has 73 heavy (non-hydrogen) atoms. The van der Waals surface area contributed by atoms with E-state index in [0.717, 1.165) is 102 Å². The Bertz CT molecular complexity index is 2880. The van der Waals surface area contributed by atoms with Crippen molar-refractivity contribution in [1.29, 1.82) is 0 Å². The van der Waals surface area contributed by atoms with Gasteiger partial charge in [0, 0.05) is 89.9 Å². The minimum atomic E-state index is -0.808. The molecule has 0 aliphatic carbocycles. The summed E-state index contributed by atoms with van der Waals surface area (Å²) in [6, 6.07) is 11.9. The van der Waals surface area contributed by atoms with E-state index >= 15 is 0 Å². The predicted molar refractivity (Wildman–Crippen MR) is 283 cm³/mol. The van der Waals surface area contributed by atoms with Crippen LogP contribution >= 0.6 is 0 Å². The molecule has 4 fully saturated rings. The van der Waals surface area contributed by atoms with Crippen LogP contribution in [0.4, 0.5) is 46.4 Å². The van der Waals surface area contributed by atoms with E-state index in [1.807, 2.05) is 60.0 Å². The van der Waals surface area contributed by atoms with E-state index in [1.165, 1.54) is 25.7 Å². The number of hydrogen-bond donors (Lipinski definition) is 6. The molecular weight excluding hydrogens is 935 g/mol. The van der Waals surface area contributed by atoms with Gasteiger partial charge in [-0.15, -0.1) is 0 Å². The lowest BCUT2D eigenvalue weighted by molar-refractivity contribution is -0.139. The number of hydrogen-bond acceptors (Lipinski definition) is 19. The van der Waals surface area contributed by atoms with Gasteiger partial charge in [0.2, 0.25) is 11.9 Å². The molecule has 4 aliphatic rings. The fourth-order valence-electron chi connectivity index (χ4n) is 9.57. The second-order valence-electron chi connectivity index (χ2n) is 18.3. The number of nitrogens with zero attached hydrogens (tertiary/aromatic N) is 13. The first-order valence-corrected chi connectivity index (χ1v) is 25.6. The summed E-state index contributed by atoms with van der Waals surface area (Å²) in [5.41, 5.74) is 2.94. The summed E-state index contributed by atoms with van der Waals surface area (Å²) in [5.74, 6) is 1.34. The van der Waals surface area contributed by atoms with Crippen molar-refractivity contribution in [3.63, 3.8) is 0 Å². The molecule has 10 rings (SSSR count). The topological polar surface area (TPSA) is 274 Å². The Hall–Kier alpha value is -7.53. The van der Waals surface area contributed by atoms with Crippen molar-refractivity contribution < 1.29 is 19.8 Å². The zero-order valence-corrected chi connectivity index (χ0v) is 41.8. The number of aromatic nitrogens is 9. The van der Waals surface area contributed by atoms with Gasteiger partial charge in [-0.3, -0.25) is 29.0 Å². The number of pyridine rings is 1. The summed E-state index contributed by atoms with van der Waals surface area (Å²) >= 11 is 0. The number of anilines is 8. The van der Waals surface area contributed by atoms with E-state index in [9.17, 15) is 19.2 Å². The lowest BCUT2D eigenvalue weighted by Crippen LogP contribution is -2.48. The lowest BCUT2D eigenvalue weighted by atomic mass is 10.2. The van der Waals surface area contributed by atoms with E-state index in [1.54, 1.807) is 18.6 Å². The fraction of sp³-hybridized carbons (Fsp3) is 0.500. The van der Waals surface area contributed by atoms with E-state index in [0.29, 0.717) is 77.2 Å². The fourth-order valence-corrected chi connectivity index (χ4v) is 9.57. The molecule has 4 saturated heterocycles. The van der Waals surface area contributed by atoms with Crippen LogP contribution in [0.5, 0.6) is 0 Å². The van der Waals surface area contributed by atoms with Crippen molar-refractivity contribution in [3.8, 4) is 0 Å². The number of nitrogens with one attached hydrogen (secondary N) is 4. The molecular formula is C50H67N17O6. The molecule has 23 nitrogen and oxygen atoms in total. The van der Waals surface area contributed by atoms with E-state index in [2.05, 4.69) is 65.6 Å². The Morgan fingerprint density at radius 1 is 0.507 bits per heavy atom. The highest BCUT2D eigenvalue weighted by molar-refractivity contribution is 5.91. The van der Waals surface area contributed by atoms with Crippen molar-refractivity contribution in [2.75, 3.05) is 122 Å². The largest absolute Gasteiger partial charge is 0.480 e. The second kappa shape index (κ2) is 25.2. The third-order valence-corrected chi connectivity index (χ3v) is 13.3. The minimum Gasteiger partial charge on any atom is -0.480 e. The molecule has 1 aromatic carbocycles. The van der Waals surface area contributed by atoms with Gasteiger partial charge in [0.1, 0.15) is 39.3 Å². The Morgan fingerprint density at radius 3 is 1.44 bits per heavy atom. The number of carboxylic acid groups (broad SMARTS) is 2. The number of rotatable bonds is 12. The molecule has 6 aromatic rings. The van der Waals surface area contributed by atoms with Crippen molar-refractivity contribution >= 4 is 80.2 Å². The van der Waals surface area contributed by atoms with Gasteiger partial charge in [-0.25, -0.2) is 25.1 Å². The van der Waals surface area contributed by atoms with Crippen LogP contribution in [0.15, 0.2) is 64.6 Å². The number of H-pyrrole nitrogens is 2. The molecule has 6 N–H and O–H groups in total. The van der Waals surface area contributed by atoms with Crippen molar-refractivity contribution in [1.82, 2.24) is 55.1 Å².